The van der Waals surface area contributed by atoms with E-state index in [0.717, 1.165) is 53.7 Å². The number of carboxylic acids is 1. The summed E-state index contributed by atoms with van der Waals surface area (Å²) in [6.07, 6.45) is 7.86. The SMILES string of the molecule is Cc1nn(C)cc1CN1CCC(C2CCC(C)CC2)=C(c2cc(-c3ccc(NC(=O)c4cscn4)cc3)sc2C(=O)O)C1. The van der Waals surface area contributed by atoms with E-state index in [9.17, 15) is 14.7 Å². The number of carbonyl (C=O) groups excluding carboxylic acids is 1. The van der Waals surface area contributed by atoms with Gasteiger partial charge in [0.1, 0.15) is 10.6 Å². The van der Waals surface area contributed by atoms with Crippen LogP contribution in [0.5, 0.6) is 0 Å². The van der Waals surface area contributed by atoms with Crippen molar-refractivity contribution in [2.45, 2.75) is 52.5 Å². The van der Waals surface area contributed by atoms with Gasteiger partial charge in [-0.1, -0.05) is 37.5 Å². The van der Waals surface area contributed by atoms with Crippen molar-refractivity contribution in [3.63, 3.8) is 0 Å². The van der Waals surface area contributed by atoms with E-state index in [1.54, 1.807) is 10.9 Å². The number of aromatic carboxylic acids is 1. The molecule has 1 aliphatic heterocycles. The summed E-state index contributed by atoms with van der Waals surface area (Å²) in [5.74, 6) is 0.132. The number of anilines is 1. The number of aromatic nitrogens is 3. The second kappa shape index (κ2) is 12.6. The summed E-state index contributed by atoms with van der Waals surface area (Å²) in [4.78, 5) is 32.9. The highest BCUT2D eigenvalue weighted by Crippen LogP contribution is 2.44. The van der Waals surface area contributed by atoms with Crippen LogP contribution in [-0.2, 0) is 13.6 Å². The Bertz CT molecular complexity index is 1640. The van der Waals surface area contributed by atoms with Crippen LogP contribution < -0.4 is 5.32 Å². The van der Waals surface area contributed by atoms with Crippen LogP contribution in [-0.4, -0.2) is 49.7 Å². The molecule has 1 saturated carbocycles. The van der Waals surface area contributed by atoms with Gasteiger partial charge < -0.3 is 10.4 Å². The van der Waals surface area contributed by atoms with Gasteiger partial charge in [0, 0.05) is 60.0 Å². The van der Waals surface area contributed by atoms with Gasteiger partial charge >= 0.3 is 5.97 Å². The number of aryl methyl sites for hydroxylation is 2. The number of carboxylic acid groups (broad SMARTS) is 1. The molecule has 0 bridgehead atoms. The van der Waals surface area contributed by atoms with Crippen molar-refractivity contribution in [2.24, 2.45) is 18.9 Å². The number of amides is 1. The molecule has 2 N–H and O–H groups in total. The quantitative estimate of drug-likeness (QED) is 0.215. The van der Waals surface area contributed by atoms with Gasteiger partial charge in [0.15, 0.2) is 0 Å². The lowest BCUT2D eigenvalue weighted by Gasteiger charge is -2.36. The van der Waals surface area contributed by atoms with Crippen LogP contribution in [0.1, 0.15) is 76.0 Å². The normalized spacial score (nSPS) is 19.5. The average molecular weight is 616 g/mol. The summed E-state index contributed by atoms with van der Waals surface area (Å²) >= 11 is 2.71. The highest BCUT2D eigenvalue weighted by Gasteiger charge is 2.31. The van der Waals surface area contributed by atoms with E-state index < -0.39 is 5.97 Å². The molecule has 0 unspecified atom stereocenters. The first-order valence-electron chi connectivity index (χ1n) is 14.9. The maximum Gasteiger partial charge on any atom is 0.346 e. The topological polar surface area (TPSA) is 100 Å². The second-order valence-corrected chi connectivity index (χ2v) is 13.7. The number of benzene rings is 1. The van der Waals surface area contributed by atoms with Crippen LogP contribution >= 0.6 is 22.7 Å². The second-order valence-electron chi connectivity index (χ2n) is 11.9. The van der Waals surface area contributed by atoms with Gasteiger partial charge in [0.05, 0.1) is 11.2 Å². The molecule has 43 heavy (non-hydrogen) atoms. The van der Waals surface area contributed by atoms with Gasteiger partial charge in [0.25, 0.3) is 5.91 Å². The molecular formula is C33H37N5O3S2. The molecule has 8 nitrogen and oxygen atoms in total. The minimum Gasteiger partial charge on any atom is -0.477 e. The Morgan fingerprint density at radius 1 is 1.14 bits per heavy atom. The molecule has 0 saturated heterocycles. The molecule has 224 valence electrons. The maximum absolute atomic E-state index is 12.7. The smallest absolute Gasteiger partial charge is 0.346 e. The summed E-state index contributed by atoms with van der Waals surface area (Å²) in [5, 5.41) is 19.5. The highest BCUT2D eigenvalue weighted by atomic mass is 32.1. The first-order chi connectivity index (χ1) is 20.7. The van der Waals surface area contributed by atoms with Crippen molar-refractivity contribution >= 4 is 45.8 Å². The Morgan fingerprint density at radius 2 is 1.91 bits per heavy atom. The van der Waals surface area contributed by atoms with Gasteiger partial charge in [0.2, 0.25) is 0 Å². The van der Waals surface area contributed by atoms with Crippen LogP contribution in [0.3, 0.4) is 0 Å². The molecule has 1 aromatic carbocycles. The number of thiophene rings is 1. The van der Waals surface area contributed by atoms with E-state index in [2.05, 4.69) is 39.5 Å². The molecule has 4 heterocycles. The fourth-order valence-corrected chi connectivity index (χ4v) is 8.05. The molecule has 0 spiro atoms. The van der Waals surface area contributed by atoms with Gasteiger partial charge in [-0.05, 0) is 67.4 Å². The van der Waals surface area contributed by atoms with Crippen LogP contribution in [0, 0.1) is 18.8 Å². The van der Waals surface area contributed by atoms with Gasteiger partial charge in [-0.2, -0.15) is 5.10 Å². The lowest BCUT2D eigenvalue weighted by Crippen LogP contribution is -2.33. The fraction of sp³-hybridized carbons (Fsp3) is 0.394. The fourth-order valence-electron chi connectivity index (χ4n) is 6.48. The van der Waals surface area contributed by atoms with E-state index in [1.165, 1.54) is 65.1 Å². The van der Waals surface area contributed by atoms with Gasteiger partial charge in [-0.15, -0.1) is 22.7 Å². The Kier molecular flexibility index (Phi) is 8.61. The number of hydrogen-bond acceptors (Lipinski definition) is 7. The molecule has 1 amide bonds. The lowest BCUT2D eigenvalue weighted by atomic mass is 9.75. The molecule has 4 aromatic rings. The molecule has 0 atom stereocenters. The largest absolute Gasteiger partial charge is 0.477 e. The minimum absolute atomic E-state index is 0.250. The number of rotatable bonds is 8. The zero-order valence-electron chi connectivity index (χ0n) is 24.8. The predicted octanol–water partition coefficient (Wildman–Crippen LogP) is 7.35. The monoisotopic (exact) mass is 615 g/mol. The standard InChI is InChI=1S/C33H37N5O3S2/c1-20-4-6-22(7-5-20)26-12-13-38(16-24-15-37(3)36-21(24)2)17-28(26)27-14-30(43-31(27)33(40)41)23-8-10-25(11-9-23)35-32(39)29-18-42-19-34-29/h8-11,14-15,18-20,22H,4-7,12-13,16-17H2,1-3H3,(H,35,39)(H,40,41). The molecule has 2 aliphatic rings. The van der Waals surface area contributed by atoms with Crippen LogP contribution in [0.2, 0.25) is 0 Å². The Labute approximate surface area is 260 Å². The maximum atomic E-state index is 12.7. The first-order valence-corrected chi connectivity index (χ1v) is 16.6. The van der Waals surface area contributed by atoms with E-state index >= 15 is 0 Å². The Morgan fingerprint density at radius 3 is 2.56 bits per heavy atom. The summed E-state index contributed by atoms with van der Waals surface area (Å²) in [7, 11) is 1.95. The summed E-state index contributed by atoms with van der Waals surface area (Å²) < 4.78 is 1.86. The molecule has 1 fully saturated rings. The number of hydrogen-bond donors (Lipinski definition) is 2. The molecule has 1 aliphatic carbocycles. The van der Waals surface area contributed by atoms with E-state index in [0.29, 0.717) is 22.2 Å². The minimum atomic E-state index is -0.886. The lowest BCUT2D eigenvalue weighted by molar-refractivity contribution is 0.0701. The third-order valence-electron chi connectivity index (χ3n) is 8.83. The van der Waals surface area contributed by atoms with Crippen molar-refractivity contribution in [2.75, 3.05) is 18.4 Å². The first kappa shape index (κ1) is 29.5. The van der Waals surface area contributed by atoms with Gasteiger partial charge in [-0.3, -0.25) is 14.4 Å². The zero-order chi connectivity index (χ0) is 30.1. The Balaban J connectivity index is 1.32. The average Bonchev–Trinajstić information content (AvgIpc) is 3.75. The number of nitrogens with zero attached hydrogens (tertiary/aromatic N) is 4. The van der Waals surface area contributed by atoms with Gasteiger partial charge in [-0.25, -0.2) is 9.78 Å². The summed E-state index contributed by atoms with van der Waals surface area (Å²) in [6, 6.07) is 9.66. The van der Waals surface area contributed by atoms with E-state index in [1.807, 2.05) is 42.9 Å². The Hall–Kier alpha value is -3.60. The molecule has 0 radical (unpaired) electrons. The number of thiazole rings is 1. The zero-order valence-corrected chi connectivity index (χ0v) is 26.4. The third kappa shape index (κ3) is 6.51. The van der Waals surface area contributed by atoms with Crippen LogP contribution in [0.4, 0.5) is 5.69 Å². The molecular weight excluding hydrogens is 579 g/mol. The molecule has 6 rings (SSSR count). The van der Waals surface area contributed by atoms with Crippen molar-refractivity contribution < 1.29 is 14.7 Å². The van der Waals surface area contributed by atoms with Crippen LogP contribution in [0.25, 0.3) is 16.0 Å². The van der Waals surface area contributed by atoms with Crippen molar-refractivity contribution in [3.8, 4) is 10.4 Å². The van der Waals surface area contributed by atoms with E-state index in [-0.39, 0.29) is 5.91 Å². The number of carbonyl (C=O) groups is 2. The highest BCUT2D eigenvalue weighted by molar-refractivity contribution is 7.17. The predicted molar refractivity (Wildman–Crippen MR) is 173 cm³/mol. The van der Waals surface area contributed by atoms with Crippen molar-refractivity contribution in [1.82, 2.24) is 19.7 Å². The van der Waals surface area contributed by atoms with Crippen LogP contribution in [0.15, 0.2) is 53.0 Å². The van der Waals surface area contributed by atoms with E-state index in [4.69, 9.17) is 0 Å². The summed E-state index contributed by atoms with van der Waals surface area (Å²) in [6.45, 7) is 6.88. The number of nitrogens with one attached hydrogen (secondary N) is 1. The van der Waals surface area contributed by atoms with Crippen molar-refractivity contribution in [1.29, 1.82) is 0 Å². The third-order valence-corrected chi connectivity index (χ3v) is 10.6. The van der Waals surface area contributed by atoms with Crippen molar-refractivity contribution in [3.05, 3.63) is 80.4 Å². The molecule has 10 heteroatoms. The summed E-state index contributed by atoms with van der Waals surface area (Å²) in [5.41, 5.74) is 9.37. The molecule has 3 aromatic heterocycles.